The second-order valence-electron chi connectivity index (χ2n) is 5.92. The van der Waals surface area contributed by atoms with Gasteiger partial charge in [0.15, 0.2) is 0 Å². The summed E-state index contributed by atoms with van der Waals surface area (Å²) in [6, 6.07) is 12.3. The van der Waals surface area contributed by atoms with E-state index in [0.717, 1.165) is 29.9 Å². The quantitative estimate of drug-likeness (QED) is 0.494. The topological polar surface area (TPSA) is 86.9 Å². The molecule has 0 saturated heterocycles. The molecule has 6 heteroatoms. The predicted octanol–water partition coefficient (Wildman–Crippen LogP) is 2.88. The molecule has 0 bridgehead atoms. The van der Waals surface area contributed by atoms with Gasteiger partial charge in [0, 0.05) is 23.5 Å². The highest BCUT2D eigenvalue weighted by Gasteiger charge is 2.14. The summed E-state index contributed by atoms with van der Waals surface area (Å²) in [5.74, 6) is -1.10. The third-order valence-electron chi connectivity index (χ3n) is 4.05. The van der Waals surface area contributed by atoms with Crippen molar-refractivity contribution in [2.24, 2.45) is 0 Å². The van der Waals surface area contributed by atoms with Gasteiger partial charge < -0.3 is 4.57 Å². The molecule has 0 unspecified atom stereocenters. The second kappa shape index (κ2) is 8.67. The summed E-state index contributed by atoms with van der Waals surface area (Å²) in [6.07, 6.45) is 2.54. The zero-order valence-electron chi connectivity index (χ0n) is 15.2. The second-order valence-corrected chi connectivity index (χ2v) is 5.92. The van der Waals surface area contributed by atoms with Crippen LogP contribution in [0, 0.1) is 25.2 Å². The average molecular weight is 350 g/mol. The fourth-order valence-corrected chi connectivity index (χ4v) is 2.69. The van der Waals surface area contributed by atoms with E-state index in [1.54, 1.807) is 36.4 Å². The number of hydrogen-bond donors (Lipinski definition) is 2. The standard InChI is InChI=1S/C20H22N4O2/c1-4-10-24-14(2)11-17(15(24)3)12-18(13-21)20(26)23-22-19(25)16-8-6-5-7-9-16/h5-9,11-12H,4,10H2,1-3H3,(H,22,25)(H,23,26)/b18-12+. The average Bonchev–Trinajstić information content (AvgIpc) is 2.92. The summed E-state index contributed by atoms with van der Waals surface area (Å²) in [6.45, 7) is 6.93. The summed E-state index contributed by atoms with van der Waals surface area (Å²) in [5.41, 5.74) is 7.83. The largest absolute Gasteiger partial charge is 0.349 e. The van der Waals surface area contributed by atoms with Gasteiger partial charge in [-0.1, -0.05) is 25.1 Å². The number of carbonyl (C=O) groups is 2. The van der Waals surface area contributed by atoms with Gasteiger partial charge in [0.25, 0.3) is 11.8 Å². The van der Waals surface area contributed by atoms with Gasteiger partial charge in [0.2, 0.25) is 0 Å². The molecule has 0 fully saturated rings. The van der Waals surface area contributed by atoms with Crippen molar-refractivity contribution in [3.63, 3.8) is 0 Å². The highest BCUT2D eigenvalue weighted by Crippen LogP contribution is 2.18. The van der Waals surface area contributed by atoms with Crippen LogP contribution in [0.15, 0.2) is 42.0 Å². The maximum absolute atomic E-state index is 12.2. The lowest BCUT2D eigenvalue weighted by Gasteiger charge is -2.08. The zero-order valence-corrected chi connectivity index (χ0v) is 15.2. The van der Waals surface area contributed by atoms with E-state index in [-0.39, 0.29) is 5.57 Å². The van der Waals surface area contributed by atoms with Crippen molar-refractivity contribution in [3.8, 4) is 6.07 Å². The van der Waals surface area contributed by atoms with Gasteiger partial charge >= 0.3 is 0 Å². The van der Waals surface area contributed by atoms with Crippen LogP contribution in [-0.2, 0) is 11.3 Å². The molecule has 2 amide bonds. The number of hydrogen-bond acceptors (Lipinski definition) is 3. The lowest BCUT2D eigenvalue weighted by molar-refractivity contribution is -0.117. The molecule has 0 saturated carbocycles. The maximum Gasteiger partial charge on any atom is 0.280 e. The lowest BCUT2D eigenvalue weighted by atomic mass is 10.1. The van der Waals surface area contributed by atoms with Gasteiger partial charge in [-0.15, -0.1) is 0 Å². The molecular weight excluding hydrogens is 328 g/mol. The van der Waals surface area contributed by atoms with Gasteiger partial charge in [0.05, 0.1) is 0 Å². The fourth-order valence-electron chi connectivity index (χ4n) is 2.69. The van der Waals surface area contributed by atoms with Gasteiger partial charge in [-0.05, 0) is 50.1 Å². The Hall–Kier alpha value is -3.33. The van der Waals surface area contributed by atoms with Crippen LogP contribution in [0.2, 0.25) is 0 Å². The Labute approximate surface area is 153 Å². The molecule has 6 nitrogen and oxygen atoms in total. The molecule has 1 heterocycles. The van der Waals surface area contributed by atoms with Crippen LogP contribution in [0.4, 0.5) is 0 Å². The van der Waals surface area contributed by atoms with Crippen molar-refractivity contribution in [1.29, 1.82) is 5.26 Å². The van der Waals surface area contributed by atoms with E-state index in [2.05, 4.69) is 22.3 Å². The van der Waals surface area contributed by atoms with Crippen LogP contribution < -0.4 is 10.9 Å². The molecule has 1 aromatic heterocycles. The third kappa shape index (κ3) is 4.39. The number of rotatable bonds is 5. The van der Waals surface area contributed by atoms with Crippen LogP contribution in [0.1, 0.15) is 40.7 Å². The number of aryl methyl sites for hydroxylation is 1. The van der Waals surface area contributed by atoms with Gasteiger partial charge in [-0.3, -0.25) is 20.4 Å². The van der Waals surface area contributed by atoms with E-state index in [1.807, 2.05) is 26.0 Å². The SMILES string of the molecule is CCCn1c(C)cc(/C=C(\C#N)C(=O)NNC(=O)c2ccccc2)c1C. The van der Waals surface area contributed by atoms with Crippen molar-refractivity contribution in [1.82, 2.24) is 15.4 Å². The summed E-state index contributed by atoms with van der Waals surface area (Å²) in [4.78, 5) is 24.2. The Bertz CT molecular complexity index is 873. The Balaban J connectivity index is 2.12. The van der Waals surface area contributed by atoms with E-state index < -0.39 is 11.8 Å². The number of carbonyl (C=O) groups excluding carboxylic acids is 2. The zero-order chi connectivity index (χ0) is 19.1. The molecule has 26 heavy (non-hydrogen) atoms. The first-order valence-electron chi connectivity index (χ1n) is 8.42. The van der Waals surface area contributed by atoms with Crippen molar-refractivity contribution in [3.05, 3.63) is 64.5 Å². The smallest absolute Gasteiger partial charge is 0.280 e. The van der Waals surface area contributed by atoms with Gasteiger partial charge in [-0.25, -0.2) is 0 Å². The third-order valence-corrected chi connectivity index (χ3v) is 4.05. The molecule has 0 atom stereocenters. The Kier molecular flexibility index (Phi) is 6.34. The van der Waals surface area contributed by atoms with Crippen LogP contribution in [0.3, 0.4) is 0 Å². The van der Waals surface area contributed by atoms with Crippen LogP contribution in [0.25, 0.3) is 6.08 Å². The minimum atomic E-state index is -0.655. The van der Waals surface area contributed by atoms with Crippen LogP contribution in [0.5, 0.6) is 0 Å². The maximum atomic E-state index is 12.2. The van der Waals surface area contributed by atoms with Crippen LogP contribution >= 0.6 is 0 Å². The first-order valence-corrected chi connectivity index (χ1v) is 8.42. The van der Waals surface area contributed by atoms with Crippen molar-refractivity contribution < 1.29 is 9.59 Å². The number of amides is 2. The van der Waals surface area contributed by atoms with Gasteiger partial charge in [-0.2, -0.15) is 5.26 Å². The molecular formula is C20H22N4O2. The molecule has 0 spiro atoms. The summed E-state index contributed by atoms with van der Waals surface area (Å²) in [5, 5.41) is 9.31. The van der Waals surface area contributed by atoms with Crippen molar-refractivity contribution in [2.75, 3.05) is 0 Å². The Morgan fingerprint density at radius 1 is 1.19 bits per heavy atom. The van der Waals surface area contributed by atoms with Crippen molar-refractivity contribution >= 4 is 17.9 Å². The number of nitriles is 1. The minimum Gasteiger partial charge on any atom is -0.349 e. The van der Waals surface area contributed by atoms with Crippen molar-refractivity contribution in [2.45, 2.75) is 33.7 Å². The molecule has 0 radical (unpaired) electrons. The molecule has 0 aliphatic carbocycles. The molecule has 0 aliphatic rings. The highest BCUT2D eigenvalue weighted by molar-refractivity contribution is 6.03. The summed E-state index contributed by atoms with van der Waals surface area (Å²) < 4.78 is 2.15. The molecule has 2 N–H and O–H groups in total. The fraction of sp³-hybridized carbons (Fsp3) is 0.250. The molecule has 1 aromatic carbocycles. The minimum absolute atomic E-state index is 0.0740. The highest BCUT2D eigenvalue weighted by atomic mass is 16.2. The summed E-state index contributed by atoms with van der Waals surface area (Å²) >= 11 is 0. The molecule has 2 rings (SSSR count). The van der Waals surface area contributed by atoms with E-state index in [9.17, 15) is 14.9 Å². The Morgan fingerprint density at radius 2 is 1.88 bits per heavy atom. The number of hydrazine groups is 1. The summed E-state index contributed by atoms with van der Waals surface area (Å²) in [7, 11) is 0. The van der Waals surface area contributed by atoms with E-state index in [0.29, 0.717) is 5.56 Å². The van der Waals surface area contributed by atoms with Gasteiger partial charge in [0.1, 0.15) is 11.6 Å². The Morgan fingerprint density at radius 3 is 2.50 bits per heavy atom. The first-order chi connectivity index (χ1) is 12.5. The monoisotopic (exact) mass is 350 g/mol. The predicted molar refractivity (Wildman–Crippen MR) is 99.8 cm³/mol. The number of nitrogens with one attached hydrogen (secondary N) is 2. The molecule has 2 aromatic rings. The first kappa shape index (κ1) is 19.0. The number of nitrogens with zero attached hydrogens (tertiary/aromatic N) is 2. The lowest BCUT2D eigenvalue weighted by Crippen LogP contribution is -2.42. The molecule has 134 valence electrons. The molecule has 0 aliphatic heterocycles. The van der Waals surface area contributed by atoms with E-state index >= 15 is 0 Å². The van der Waals surface area contributed by atoms with E-state index in [4.69, 9.17) is 0 Å². The van der Waals surface area contributed by atoms with Crippen LogP contribution in [-0.4, -0.2) is 16.4 Å². The number of aromatic nitrogens is 1. The normalized spacial score (nSPS) is 10.9. The van der Waals surface area contributed by atoms with E-state index in [1.165, 1.54) is 0 Å². The number of benzene rings is 1.